The lowest BCUT2D eigenvalue weighted by atomic mass is 9.34. The van der Waals surface area contributed by atoms with Crippen molar-refractivity contribution in [3.63, 3.8) is 0 Å². The molecule has 0 aromatic heterocycles. The van der Waals surface area contributed by atoms with E-state index in [9.17, 15) is 0 Å². The molecule has 2 aliphatic heterocycles. The molecule has 0 amide bonds. The first-order chi connectivity index (χ1) is 18.7. The number of anilines is 2. The van der Waals surface area contributed by atoms with Gasteiger partial charge in [-0.05, 0) is 68.1 Å². The van der Waals surface area contributed by atoms with Gasteiger partial charge in [-0.25, -0.2) is 0 Å². The molecule has 4 aromatic rings. The van der Waals surface area contributed by atoms with Gasteiger partial charge in [-0.1, -0.05) is 98.7 Å². The first kappa shape index (κ1) is 26.6. The normalized spacial score (nSPS) is 14.0. The summed E-state index contributed by atoms with van der Waals surface area (Å²) in [5, 5.41) is 3.59. The van der Waals surface area contributed by atoms with Gasteiger partial charge in [0.05, 0.1) is 0 Å². The van der Waals surface area contributed by atoms with E-state index >= 15 is 0 Å². The molecule has 2 heterocycles. The molecule has 40 heavy (non-hydrogen) atoms. The van der Waals surface area contributed by atoms with Gasteiger partial charge < -0.3 is 14.8 Å². The number of benzene rings is 4. The van der Waals surface area contributed by atoms with E-state index in [1.165, 1.54) is 27.6 Å². The Morgan fingerprint density at radius 1 is 0.475 bits per heavy atom. The van der Waals surface area contributed by atoms with Crippen LogP contribution in [0.15, 0.2) is 72.8 Å². The Labute approximate surface area is 240 Å². The Kier molecular flexibility index (Phi) is 5.93. The second kappa shape index (κ2) is 8.93. The first-order valence-corrected chi connectivity index (χ1v) is 14.4. The maximum atomic E-state index is 6.63. The average Bonchev–Trinajstić information content (AvgIpc) is 2.86. The van der Waals surface area contributed by atoms with Crippen molar-refractivity contribution in [3.8, 4) is 23.0 Å². The summed E-state index contributed by atoms with van der Waals surface area (Å²) in [5.74, 6) is 3.52. The highest BCUT2D eigenvalue weighted by Gasteiger charge is 2.41. The predicted molar refractivity (Wildman–Crippen MR) is 170 cm³/mol. The number of nitrogens with one attached hydrogen (secondary N) is 1. The Balaban J connectivity index is 1.48. The average molecular weight is 530 g/mol. The highest BCUT2D eigenvalue weighted by atomic mass is 16.5. The number of hydrogen-bond acceptors (Lipinski definition) is 3. The topological polar surface area (TPSA) is 30.5 Å². The fraction of sp³-hybridized carbons (Fsp3) is 0.333. The van der Waals surface area contributed by atoms with Crippen LogP contribution in [0, 0.1) is 0 Å². The van der Waals surface area contributed by atoms with E-state index in [4.69, 9.17) is 9.47 Å². The second-order valence-corrected chi connectivity index (χ2v) is 14.5. The Hall–Kier alpha value is -3.66. The number of hydrogen-bond donors (Lipinski definition) is 1. The lowest BCUT2D eigenvalue weighted by Crippen LogP contribution is -2.57. The molecule has 0 radical (unpaired) electrons. The zero-order valence-electron chi connectivity index (χ0n) is 25.3. The lowest BCUT2D eigenvalue weighted by molar-refractivity contribution is 0.464. The highest BCUT2D eigenvalue weighted by Crippen LogP contribution is 2.39. The SMILES string of the molecule is CC(C)(C)c1ccc(Nc2cc3c4c(c2)Oc2ccc(C(C)(C)C)cc2B4c2cc(C(C)(C)C)ccc2O3)cc1. The minimum atomic E-state index is 0.0374. The second-order valence-electron chi connectivity index (χ2n) is 14.5. The molecule has 0 atom stereocenters. The molecule has 204 valence electrons. The van der Waals surface area contributed by atoms with Gasteiger partial charge in [0.25, 0.3) is 6.71 Å². The molecule has 3 nitrogen and oxygen atoms in total. The summed E-state index contributed by atoms with van der Waals surface area (Å²) >= 11 is 0. The van der Waals surface area contributed by atoms with Gasteiger partial charge in [0.15, 0.2) is 0 Å². The molecule has 6 rings (SSSR count). The summed E-state index contributed by atoms with van der Waals surface area (Å²) in [6.07, 6.45) is 0. The maximum Gasteiger partial charge on any atom is 0.260 e. The van der Waals surface area contributed by atoms with E-state index < -0.39 is 0 Å². The largest absolute Gasteiger partial charge is 0.458 e. The van der Waals surface area contributed by atoms with Crippen LogP contribution < -0.4 is 31.2 Å². The third kappa shape index (κ3) is 4.68. The summed E-state index contributed by atoms with van der Waals surface area (Å²) < 4.78 is 13.3. The van der Waals surface area contributed by atoms with Crippen molar-refractivity contribution in [2.45, 2.75) is 78.6 Å². The van der Waals surface area contributed by atoms with Gasteiger partial charge in [0.1, 0.15) is 23.0 Å². The Morgan fingerprint density at radius 3 is 1.32 bits per heavy atom. The molecule has 0 unspecified atom stereocenters. The third-order valence-electron chi connectivity index (χ3n) is 8.25. The van der Waals surface area contributed by atoms with Gasteiger partial charge in [0, 0.05) is 29.0 Å². The minimum absolute atomic E-state index is 0.0374. The summed E-state index contributed by atoms with van der Waals surface area (Å²) in [5.41, 5.74) is 9.60. The molecule has 0 saturated heterocycles. The maximum absolute atomic E-state index is 6.63. The number of rotatable bonds is 2. The molecule has 0 aliphatic carbocycles. The van der Waals surface area contributed by atoms with Crippen molar-refractivity contribution in [3.05, 3.63) is 89.5 Å². The Bertz CT molecular complexity index is 1530. The predicted octanol–water partition coefficient (Wildman–Crippen LogP) is 8.05. The smallest absolute Gasteiger partial charge is 0.260 e. The fourth-order valence-corrected chi connectivity index (χ4v) is 5.73. The van der Waals surface area contributed by atoms with Gasteiger partial charge >= 0.3 is 0 Å². The van der Waals surface area contributed by atoms with Gasteiger partial charge in [0.2, 0.25) is 0 Å². The van der Waals surface area contributed by atoms with E-state index in [1.807, 2.05) is 0 Å². The molecule has 4 heteroatoms. The molecular formula is C36H40BNO2. The van der Waals surface area contributed by atoms with Gasteiger partial charge in [-0.3, -0.25) is 0 Å². The van der Waals surface area contributed by atoms with Crippen molar-refractivity contribution < 1.29 is 9.47 Å². The highest BCUT2D eigenvalue weighted by molar-refractivity contribution is 6.98. The molecule has 4 aromatic carbocycles. The summed E-state index contributed by atoms with van der Waals surface area (Å²) in [4.78, 5) is 0. The molecule has 1 N–H and O–H groups in total. The van der Waals surface area contributed by atoms with Crippen LogP contribution in [0.3, 0.4) is 0 Å². The van der Waals surface area contributed by atoms with E-state index in [2.05, 4.69) is 140 Å². The van der Waals surface area contributed by atoms with Crippen LogP contribution in [0.4, 0.5) is 11.4 Å². The van der Waals surface area contributed by atoms with E-state index in [0.29, 0.717) is 0 Å². The molecule has 0 bridgehead atoms. The standard InChI is InChI=1S/C36H40BNO2/c1-34(2,3)22-10-14-25(15-11-22)38-26-20-31-33-32(21-26)40-30-17-13-24(36(7,8)9)19-28(30)37(33)27-18-23(35(4,5)6)12-16-29(27)39-31/h10-21,38H,1-9H3. The van der Waals surface area contributed by atoms with Crippen LogP contribution in [-0.4, -0.2) is 6.71 Å². The van der Waals surface area contributed by atoms with Crippen LogP contribution in [0.5, 0.6) is 23.0 Å². The zero-order chi connectivity index (χ0) is 28.6. The van der Waals surface area contributed by atoms with Gasteiger partial charge in [-0.2, -0.15) is 0 Å². The van der Waals surface area contributed by atoms with Crippen molar-refractivity contribution in [1.29, 1.82) is 0 Å². The molecule has 0 saturated carbocycles. The molecule has 0 spiro atoms. The van der Waals surface area contributed by atoms with E-state index in [-0.39, 0.29) is 23.0 Å². The van der Waals surface area contributed by atoms with Crippen LogP contribution in [0.1, 0.15) is 79.0 Å². The fourth-order valence-electron chi connectivity index (χ4n) is 5.73. The molecular weight excluding hydrogens is 489 g/mol. The summed E-state index contributed by atoms with van der Waals surface area (Å²) in [6, 6.07) is 26.3. The van der Waals surface area contributed by atoms with Crippen molar-refractivity contribution >= 4 is 34.5 Å². The molecule has 2 aliphatic rings. The van der Waals surface area contributed by atoms with Crippen molar-refractivity contribution in [2.24, 2.45) is 0 Å². The minimum Gasteiger partial charge on any atom is -0.458 e. The van der Waals surface area contributed by atoms with E-state index in [0.717, 1.165) is 39.8 Å². The monoisotopic (exact) mass is 529 g/mol. The lowest BCUT2D eigenvalue weighted by Gasteiger charge is -2.35. The quantitative estimate of drug-likeness (QED) is 0.230. The number of ether oxygens (including phenoxy) is 2. The van der Waals surface area contributed by atoms with Crippen molar-refractivity contribution in [2.75, 3.05) is 5.32 Å². The Morgan fingerprint density at radius 2 is 0.900 bits per heavy atom. The van der Waals surface area contributed by atoms with Crippen LogP contribution in [0.25, 0.3) is 0 Å². The third-order valence-corrected chi connectivity index (χ3v) is 8.25. The summed E-state index contributed by atoms with van der Waals surface area (Å²) in [7, 11) is 0. The van der Waals surface area contributed by atoms with Crippen LogP contribution in [-0.2, 0) is 16.2 Å². The van der Waals surface area contributed by atoms with Crippen LogP contribution >= 0.6 is 0 Å². The summed E-state index contributed by atoms with van der Waals surface area (Å²) in [6.45, 7) is 20.3. The van der Waals surface area contributed by atoms with Crippen LogP contribution in [0.2, 0.25) is 0 Å². The van der Waals surface area contributed by atoms with Gasteiger partial charge in [-0.15, -0.1) is 0 Å². The van der Waals surface area contributed by atoms with E-state index in [1.54, 1.807) is 0 Å². The molecule has 0 fully saturated rings. The van der Waals surface area contributed by atoms with Crippen molar-refractivity contribution in [1.82, 2.24) is 0 Å². The first-order valence-electron chi connectivity index (χ1n) is 14.4. The zero-order valence-corrected chi connectivity index (χ0v) is 25.3. The number of fused-ring (bicyclic) bond motifs is 4.